The largest absolute Gasteiger partial charge is 0.368 e. The molecule has 5 N–H and O–H groups in total. The molecule has 0 unspecified atom stereocenters. The predicted octanol–water partition coefficient (Wildman–Crippen LogP) is 0.482. The van der Waals surface area contributed by atoms with Crippen LogP contribution in [0.2, 0.25) is 0 Å². The molecule has 3 amide bonds. The number of aliphatic imine (C=N–C) groups is 1. The number of urea groups is 1. The number of carbonyl (C=O) groups is 2. The molecular formula is C19H23N9O2. The van der Waals surface area contributed by atoms with E-state index >= 15 is 0 Å². The third-order valence-corrected chi connectivity index (χ3v) is 5.55. The highest BCUT2D eigenvalue weighted by molar-refractivity contribution is 6.11. The van der Waals surface area contributed by atoms with Crippen LogP contribution in [0.1, 0.15) is 43.0 Å². The topological polar surface area (TPSA) is 132 Å². The van der Waals surface area contributed by atoms with E-state index in [1.54, 1.807) is 10.7 Å². The number of hydrazine groups is 1. The molecule has 4 heterocycles. The van der Waals surface area contributed by atoms with Crippen LogP contribution in [0.3, 0.4) is 0 Å². The van der Waals surface area contributed by atoms with Crippen molar-refractivity contribution in [3.05, 3.63) is 41.5 Å². The molecule has 3 aliphatic rings. The van der Waals surface area contributed by atoms with Crippen molar-refractivity contribution in [3.8, 4) is 0 Å². The van der Waals surface area contributed by atoms with E-state index < -0.39 is 0 Å². The highest BCUT2D eigenvalue weighted by Crippen LogP contribution is 2.42. The lowest BCUT2D eigenvalue weighted by Crippen LogP contribution is -2.43. The van der Waals surface area contributed by atoms with Crippen molar-refractivity contribution in [2.24, 2.45) is 10.7 Å². The minimum Gasteiger partial charge on any atom is -0.368 e. The smallest absolute Gasteiger partial charge is 0.332 e. The maximum atomic E-state index is 12.6. The highest BCUT2D eigenvalue weighted by atomic mass is 16.2. The molecule has 156 valence electrons. The number of hydrogen-bond acceptors (Lipinski definition) is 8. The monoisotopic (exact) mass is 409 g/mol. The van der Waals surface area contributed by atoms with Crippen molar-refractivity contribution in [2.75, 3.05) is 18.5 Å². The third kappa shape index (κ3) is 3.08. The number of pyridine rings is 1. The molecule has 11 nitrogen and oxygen atoms in total. The molecule has 11 heteroatoms. The summed E-state index contributed by atoms with van der Waals surface area (Å²) in [5.41, 5.74) is 14.0. The molecule has 0 spiro atoms. The van der Waals surface area contributed by atoms with E-state index in [1.165, 1.54) is 17.5 Å². The Morgan fingerprint density at radius 3 is 2.73 bits per heavy atom. The Balaban J connectivity index is 1.52. The number of anilines is 1. The van der Waals surface area contributed by atoms with Crippen LogP contribution in [-0.4, -0.2) is 46.0 Å². The van der Waals surface area contributed by atoms with Crippen molar-refractivity contribution in [1.82, 2.24) is 30.7 Å². The molecule has 0 radical (unpaired) electrons. The minimum atomic E-state index is -0.340. The molecule has 2 aliphatic heterocycles. The summed E-state index contributed by atoms with van der Waals surface area (Å²) in [6, 6.07) is 5.57. The first-order chi connectivity index (χ1) is 14.4. The zero-order chi connectivity index (χ0) is 21.0. The number of likely N-dealkylation sites (N-methyl/N-ethyl adjacent to an activating group) is 1. The number of amides is 3. The summed E-state index contributed by atoms with van der Waals surface area (Å²) in [7, 11) is 1.50. The zero-order valence-corrected chi connectivity index (χ0v) is 16.7. The normalized spacial score (nSPS) is 20.1. The first-order valence-electron chi connectivity index (χ1n) is 9.85. The second kappa shape index (κ2) is 6.65. The second-order valence-electron chi connectivity index (χ2n) is 7.81. The SMILES string of the molecule is C[C@@H](NC1=CNNC(N)=N1)c1cc2cc(C3CC3)cc(N3CC(=O)N(C)C3=O)n2n1. The first kappa shape index (κ1) is 18.3. The van der Waals surface area contributed by atoms with Gasteiger partial charge in [0.2, 0.25) is 5.96 Å². The number of nitrogens with zero attached hydrogens (tertiary/aromatic N) is 5. The quantitative estimate of drug-likeness (QED) is 0.528. The molecule has 1 saturated heterocycles. The first-order valence-corrected chi connectivity index (χ1v) is 9.85. The van der Waals surface area contributed by atoms with Crippen LogP contribution in [0.15, 0.2) is 35.2 Å². The Hall–Kier alpha value is -3.76. The summed E-state index contributed by atoms with van der Waals surface area (Å²) in [6.07, 6.45) is 3.94. The average molecular weight is 409 g/mol. The second-order valence-corrected chi connectivity index (χ2v) is 7.81. The van der Waals surface area contributed by atoms with Gasteiger partial charge in [-0.15, -0.1) is 0 Å². The maximum absolute atomic E-state index is 12.6. The van der Waals surface area contributed by atoms with Crippen LogP contribution in [0.4, 0.5) is 10.6 Å². The molecule has 2 aromatic rings. The predicted molar refractivity (Wildman–Crippen MR) is 110 cm³/mol. The van der Waals surface area contributed by atoms with Crippen LogP contribution >= 0.6 is 0 Å². The van der Waals surface area contributed by atoms with Gasteiger partial charge in [-0.25, -0.2) is 9.31 Å². The van der Waals surface area contributed by atoms with Crippen molar-refractivity contribution >= 4 is 29.2 Å². The van der Waals surface area contributed by atoms with Crippen LogP contribution in [0, 0.1) is 0 Å². The highest BCUT2D eigenvalue weighted by Gasteiger charge is 2.36. The Bertz CT molecular complexity index is 1110. The van der Waals surface area contributed by atoms with E-state index in [1.807, 2.05) is 19.1 Å². The lowest BCUT2D eigenvalue weighted by molar-refractivity contribution is -0.123. The standard InChI is InChI=1S/C19H23N9O2/c1-10(22-15-8-21-24-18(20)23-15)14-7-13-5-12(11-3-4-11)6-16(28(13)25-14)27-9-17(29)26(2)19(27)30/h5-8,10-11,21-22H,3-4,9H2,1-2H3,(H3,20,23,24)/t10-/m1/s1. The number of nitrogens with one attached hydrogen (secondary N) is 3. The Morgan fingerprint density at radius 2 is 2.07 bits per heavy atom. The third-order valence-electron chi connectivity index (χ3n) is 5.55. The van der Waals surface area contributed by atoms with Gasteiger partial charge in [0.15, 0.2) is 0 Å². The van der Waals surface area contributed by atoms with Crippen LogP contribution < -0.4 is 26.8 Å². The number of fused-ring (bicyclic) bond motifs is 1. The fourth-order valence-electron chi connectivity index (χ4n) is 3.69. The van der Waals surface area contributed by atoms with Crippen LogP contribution in [0.5, 0.6) is 0 Å². The van der Waals surface area contributed by atoms with Gasteiger partial charge in [-0.2, -0.15) is 10.1 Å². The molecular weight excluding hydrogens is 386 g/mol. The Labute approximate surface area is 172 Å². The van der Waals surface area contributed by atoms with Crippen molar-refractivity contribution in [3.63, 3.8) is 0 Å². The van der Waals surface area contributed by atoms with Gasteiger partial charge in [-0.05, 0) is 49.4 Å². The zero-order valence-electron chi connectivity index (χ0n) is 16.7. The van der Waals surface area contributed by atoms with Crippen LogP contribution in [-0.2, 0) is 4.79 Å². The van der Waals surface area contributed by atoms with Gasteiger partial charge in [0.25, 0.3) is 5.91 Å². The number of nitrogens with two attached hydrogens (primary N) is 1. The molecule has 1 saturated carbocycles. The summed E-state index contributed by atoms with van der Waals surface area (Å²) in [5, 5.41) is 8.00. The number of hydrogen-bond donors (Lipinski definition) is 4. The van der Waals surface area contributed by atoms with E-state index in [0.29, 0.717) is 17.6 Å². The molecule has 2 aromatic heterocycles. The number of aromatic nitrogens is 2. The van der Waals surface area contributed by atoms with Gasteiger partial charge in [-0.1, -0.05) is 0 Å². The molecule has 0 aromatic carbocycles. The van der Waals surface area contributed by atoms with Gasteiger partial charge in [0.1, 0.15) is 18.2 Å². The summed E-state index contributed by atoms with van der Waals surface area (Å²) < 4.78 is 1.73. The summed E-state index contributed by atoms with van der Waals surface area (Å²) in [6.45, 7) is 1.98. The van der Waals surface area contributed by atoms with E-state index in [4.69, 9.17) is 10.8 Å². The van der Waals surface area contributed by atoms with E-state index in [2.05, 4.69) is 27.2 Å². The molecule has 1 atom stereocenters. The number of carbonyl (C=O) groups excluding carboxylic acids is 2. The molecule has 5 rings (SSSR count). The van der Waals surface area contributed by atoms with Gasteiger partial charge < -0.3 is 16.5 Å². The summed E-state index contributed by atoms with van der Waals surface area (Å²) >= 11 is 0. The van der Waals surface area contributed by atoms with Crippen molar-refractivity contribution in [2.45, 2.75) is 31.7 Å². The van der Waals surface area contributed by atoms with Gasteiger partial charge in [0, 0.05) is 7.05 Å². The number of imide groups is 1. The molecule has 30 heavy (non-hydrogen) atoms. The van der Waals surface area contributed by atoms with Crippen molar-refractivity contribution < 1.29 is 9.59 Å². The fourth-order valence-corrected chi connectivity index (χ4v) is 3.69. The fraction of sp³-hybridized carbons (Fsp3) is 0.368. The van der Waals surface area contributed by atoms with Crippen LogP contribution in [0.25, 0.3) is 5.52 Å². The summed E-state index contributed by atoms with van der Waals surface area (Å²) in [4.78, 5) is 31.5. The van der Waals surface area contributed by atoms with Gasteiger partial charge >= 0.3 is 6.03 Å². The number of rotatable bonds is 5. The average Bonchev–Trinajstić information content (AvgIpc) is 3.43. The van der Waals surface area contributed by atoms with Gasteiger partial charge in [0.05, 0.1) is 23.5 Å². The lowest BCUT2D eigenvalue weighted by Gasteiger charge is -2.18. The molecule has 1 aliphatic carbocycles. The maximum Gasteiger partial charge on any atom is 0.332 e. The number of guanidine groups is 1. The van der Waals surface area contributed by atoms with E-state index in [0.717, 1.165) is 29.0 Å². The molecule has 2 fully saturated rings. The van der Waals surface area contributed by atoms with E-state index in [9.17, 15) is 9.59 Å². The lowest BCUT2D eigenvalue weighted by atomic mass is 10.1. The molecule has 0 bridgehead atoms. The minimum absolute atomic E-state index is 0.0150. The summed E-state index contributed by atoms with van der Waals surface area (Å²) in [5.74, 6) is 1.72. The van der Waals surface area contributed by atoms with Gasteiger partial charge in [-0.3, -0.25) is 20.0 Å². The Kier molecular flexibility index (Phi) is 4.05. The van der Waals surface area contributed by atoms with E-state index in [-0.39, 0.29) is 30.5 Å². The van der Waals surface area contributed by atoms with Crippen molar-refractivity contribution in [1.29, 1.82) is 0 Å². The Morgan fingerprint density at radius 1 is 1.27 bits per heavy atom.